The fraction of sp³-hybridized carbons (Fsp3) is 0.455. The van der Waals surface area contributed by atoms with Gasteiger partial charge in [-0.25, -0.2) is 0 Å². The third-order valence-electron chi connectivity index (χ3n) is 5.62. The predicted octanol–water partition coefficient (Wildman–Crippen LogP) is 4.29. The van der Waals surface area contributed by atoms with E-state index in [0.29, 0.717) is 30.4 Å². The number of carbonyl (C=O) groups excluding carboxylic acids is 1. The van der Waals surface area contributed by atoms with Crippen molar-refractivity contribution >= 4 is 16.8 Å². The minimum Gasteiger partial charge on any atom is -0.339 e. The molecule has 7 nitrogen and oxygen atoms in total. The van der Waals surface area contributed by atoms with Gasteiger partial charge in [0.15, 0.2) is 0 Å². The normalized spacial score (nSPS) is 15.3. The summed E-state index contributed by atoms with van der Waals surface area (Å²) in [5, 5.41) is 9.70. The van der Waals surface area contributed by atoms with E-state index < -0.39 is 6.67 Å². The van der Waals surface area contributed by atoms with E-state index >= 15 is 0 Å². The Morgan fingerprint density at radius 2 is 2.10 bits per heavy atom. The van der Waals surface area contributed by atoms with Gasteiger partial charge < -0.3 is 9.42 Å². The predicted molar refractivity (Wildman–Crippen MR) is 112 cm³/mol. The molecule has 0 N–H and O–H groups in total. The van der Waals surface area contributed by atoms with E-state index in [1.165, 1.54) is 0 Å². The standard InChI is InChI=1S/C22H26FN5O2/c1-14(2)28-19-12-17(4-5-18(19)13-24-28)20-25-21(30-26-20)16-7-10-27(11-8-16)22(29)15(3)6-9-23/h4-5,12-14,16H,3,6-11H2,1-2H3. The Kier molecular flexibility index (Phi) is 5.65. The summed E-state index contributed by atoms with van der Waals surface area (Å²) >= 11 is 0. The molecule has 2 aromatic heterocycles. The first-order chi connectivity index (χ1) is 14.5. The van der Waals surface area contributed by atoms with E-state index in [-0.39, 0.29) is 24.3 Å². The highest BCUT2D eigenvalue weighted by molar-refractivity contribution is 5.92. The summed E-state index contributed by atoms with van der Waals surface area (Å²) in [6, 6.07) is 6.28. The highest BCUT2D eigenvalue weighted by Crippen LogP contribution is 2.30. The number of fused-ring (bicyclic) bond motifs is 1. The second-order valence-corrected chi connectivity index (χ2v) is 8.02. The van der Waals surface area contributed by atoms with Crippen LogP contribution in [0.4, 0.5) is 4.39 Å². The van der Waals surface area contributed by atoms with Gasteiger partial charge >= 0.3 is 0 Å². The van der Waals surface area contributed by atoms with Gasteiger partial charge in [-0.05, 0) is 32.8 Å². The van der Waals surface area contributed by atoms with E-state index in [1.54, 1.807) is 4.90 Å². The molecule has 30 heavy (non-hydrogen) atoms. The molecule has 0 bridgehead atoms. The van der Waals surface area contributed by atoms with E-state index in [4.69, 9.17) is 4.52 Å². The molecule has 1 aliphatic heterocycles. The lowest BCUT2D eigenvalue weighted by molar-refractivity contribution is -0.128. The monoisotopic (exact) mass is 411 g/mol. The maximum absolute atomic E-state index is 12.5. The van der Waals surface area contributed by atoms with Crippen LogP contribution in [0.25, 0.3) is 22.3 Å². The van der Waals surface area contributed by atoms with Gasteiger partial charge in [0.25, 0.3) is 0 Å². The Morgan fingerprint density at radius 3 is 2.80 bits per heavy atom. The van der Waals surface area contributed by atoms with Crippen molar-refractivity contribution in [2.75, 3.05) is 19.8 Å². The zero-order chi connectivity index (χ0) is 21.3. The Balaban J connectivity index is 1.46. The SMILES string of the molecule is C=C(CCF)C(=O)N1CCC(c2nc(-c3ccc4cnn(C(C)C)c4c3)no2)CC1. The van der Waals surface area contributed by atoms with Crippen molar-refractivity contribution in [3.05, 3.63) is 42.4 Å². The number of halogens is 1. The number of piperidine rings is 1. The fourth-order valence-electron chi connectivity index (χ4n) is 3.88. The molecule has 0 atom stereocenters. The van der Waals surface area contributed by atoms with Gasteiger partial charge in [-0.15, -0.1) is 0 Å². The minimum absolute atomic E-state index is 0.0891. The number of hydrogen-bond donors (Lipinski definition) is 0. The molecule has 0 radical (unpaired) electrons. The van der Waals surface area contributed by atoms with Crippen LogP contribution in [0.15, 0.2) is 41.1 Å². The number of nitrogens with zero attached hydrogens (tertiary/aromatic N) is 5. The molecule has 3 heterocycles. The number of aromatic nitrogens is 4. The van der Waals surface area contributed by atoms with Gasteiger partial charge in [-0.1, -0.05) is 23.9 Å². The van der Waals surface area contributed by atoms with Gasteiger partial charge in [0, 0.05) is 48.0 Å². The van der Waals surface area contributed by atoms with Crippen LogP contribution >= 0.6 is 0 Å². The van der Waals surface area contributed by atoms with Crippen LogP contribution in [-0.4, -0.2) is 50.5 Å². The number of likely N-dealkylation sites (tertiary alicyclic amines) is 1. The quantitative estimate of drug-likeness (QED) is 0.566. The van der Waals surface area contributed by atoms with Crippen molar-refractivity contribution in [2.45, 2.75) is 45.1 Å². The molecule has 1 aliphatic rings. The first-order valence-corrected chi connectivity index (χ1v) is 10.3. The molecule has 3 aromatic rings. The van der Waals surface area contributed by atoms with Crippen LogP contribution in [0.2, 0.25) is 0 Å². The van der Waals surface area contributed by atoms with Crippen LogP contribution in [0.3, 0.4) is 0 Å². The molecule has 4 rings (SSSR count). The van der Waals surface area contributed by atoms with Gasteiger partial charge in [-0.3, -0.25) is 13.9 Å². The Hall–Kier alpha value is -3.03. The maximum Gasteiger partial charge on any atom is 0.249 e. The molecular formula is C22H26FN5O2. The van der Waals surface area contributed by atoms with Crippen LogP contribution < -0.4 is 0 Å². The molecule has 0 aliphatic carbocycles. The van der Waals surface area contributed by atoms with E-state index in [1.807, 2.05) is 29.1 Å². The molecule has 1 fully saturated rings. The van der Waals surface area contributed by atoms with Crippen molar-refractivity contribution in [1.82, 2.24) is 24.8 Å². The topological polar surface area (TPSA) is 77.1 Å². The zero-order valence-corrected chi connectivity index (χ0v) is 17.3. The van der Waals surface area contributed by atoms with Crippen molar-refractivity contribution < 1.29 is 13.7 Å². The van der Waals surface area contributed by atoms with E-state index in [2.05, 4.69) is 35.7 Å². The molecule has 1 saturated heterocycles. The highest BCUT2D eigenvalue weighted by Gasteiger charge is 2.28. The van der Waals surface area contributed by atoms with Gasteiger partial charge in [0.1, 0.15) is 0 Å². The molecule has 1 amide bonds. The van der Waals surface area contributed by atoms with Gasteiger partial charge in [-0.2, -0.15) is 10.1 Å². The number of amides is 1. The summed E-state index contributed by atoms with van der Waals surface area (Å²) in [5.74, 6) is 1.09. The molecule has 0 unspecified atom stereocenters. The third-order valence-corrected chi connectivity index (χ3v) is 5.62. The summed E-state index contributed by atoms with van der Waals surface area (Å²) in [7, 11) is 0. The molecule has 1 aromatic carbocycles. The largest absolute Gasteiger partial charge is 0.339 e. The van der Waals surface area contributed by atoms with Crippen molar-refractivity contribution in [3.8, 4) is 11.4 Å². The van der Waals surface area contributed by atoms with Crippen LogP contribution in [0.1, 0.15) is 51.0 Å². The molecule has 158 valence electrons. The number of benzene rings is 1. The summed E-state index contributed by atoms with van der Waals surface area (Å²) in [4.78, 5) is 18.6. The highest BCUT2D eigenvalue weighted by atomic mass is 19.1. The first-order valence-electron chi connectivity index (χ1n) is 10.3. The fourth-order valence-corrected chi connectivity index (χ4v) is 3.88. The van der Waals surface area contributed by atoms with Crippen molar-refractivity contribution in [2.24, 2.45) is 0 Å². The smallest absolute Gasteiger partial charge is 0.249 e. The third kappa shape index (κ3) is 3.86. The lowest BCUT2D eigenvalue weighted by Crippen LogP contribution is -2.38. The summed E-state index contributed by atoms with van der Waals surface area (Å²) in [5.41, 5.74) is 2.25. The Bertz CT molecular complexity index is 1060. The lowest BCUT2D eigenvalue weighted by atomic mass is 9.96. The maximum atomic E-state index is 12.5. The number of alkyl halides is 1. The lowest BCUT2D eigenvalue weighted by Gasteiger charge is -2.30. The minimum atomic E-state index is -0.560. The average Bonchev–Trinajstić information content (AvgIpc) is 3.40. The first kappa shape index (κ1) is 20.3. The van der Waals surface area contributed by atoms with E-state index in [9.17, 15) is 9.18 Å². The zero-order valence-electron chi connectivity index (χ0n) is 17.3. The molecular weight excluding hydrogens is 385 g/mol. The number of hydrogen-bond acceptors (Lipinski definition) is 5. The van der Waals surface area contributed by atoms with Crippen molar-refractivity contribution in [3.63, 3.8) is 0 Å². The van der Waals surface area contributed by atoms with Crippen LogP contribution in [-0.2, 0) is 4.79 Å². The summed E-state index contributed by atoms with van der Waals surface area (Å²) < 4.78 is 20.0. The average molecular weight is 411 g/mol. The van der Waals surface area contributed by atoms with E-state index in [0.717, 1.165) is 29.3 Å². The van der Waals surface area contributed by atoms with Crippen molar-refractivity contribution in [1.29, 1.82) is 0 Å². The number of rotatable bonds is 6. The molecule has 8 heteroatoms. The second kappa shape index (κ2) is 8.38. The van der Waals surface area contributed by atoms with Crippen LogP contribution in [0.5, 0.6) is 0 Å². The Labute approximate surface area is 174 Å². The molecule has 0 saturated carbocycles. The second-order valence-electron chi connectivity index (χ2n) is 8.02. The summed E-state index contributed by atoms with van der Waals surface area (Å²) in [6.07, 6.45) is 3.41. The summed E-state index contributed by atoms with van der Waals surface area (Å²) in [6.45, 7) is 8.47. The molecule has 0 spiro atoms. The van der Waals surface area contributed by atoms with Crippen LogP contribution in [0, 0.1) is 0 Å². The number of carbonyl (C=O) groups is 1. The van der Waals surface area contributed by atoms with Gasteiger partial charge in [0.05, 0.1) is 18.4 Å². The Morgan fingerprint density at radius 1 is 1.33 bits per heavy atom. The van der Waals surface area contributed by atoms with Gasteiger partial charge in [0.2, 0.25) is 17.6 Å².